The van der Waals surface area contributed by atoms with Crippen LogP contribution in [0.4, 0.5) is 20.6 Å². The van der Waals surface area contributed by atoms with Gasteiger partial charge < -0.3 is 16.4 Å². The summed E-state index contributed by atoms with van der Waals surface area (Å²) in [6.07, 6.45) is 0. The lowest BCUT2D eigenvalue weighted by Gasteiger charge is -2.08. The second-order valence-electron chi connectivity index (χ2n) is 4.50. The number of hydrogen-bond acceptors (Lipinski definition) is 2. The lowest BCUT2D eigenvalue weighted by atomic mass is 10.1. The number of primary amides is 1. The summed E-state index contributed by atoms with van der Waals surface area (Å²) in [5.74, 6) is -1.11. The maximum atomic E-state index is 13.6. The lowest BCUT2D eigenvalue weighted by Crippen LogP contribution is -2.19. The molecule has 0 saturated heterocycles. The number of nitrogens with one attached hydrogen (secondary N) is 2. The molecule has 2 aromatic carbocycles. The topological polar surface area (TPSA) is 84.2 Å². The molecule has 0 unspecified atom stereocenters. The Kier molecular flexibility index (Phi) is 4.18. The number of amides is 3. The van der Waals surface area contributed by atoms with Crippen LogP contribution < -0.4 is 16.4 Å². The van der Waals surface area contributed by atoms with Gasteiger partial charge in [-0.3, -0.25) is 4.79 Å². The van der Waals surface area contributed by atoms with Gasteiger partial charge in [-0.2, -0.15) is 0 Å². The van der Waals surface area contributed by atoms with Gasteiger partial charge in [0.2, 0.25) is 0 Å². The summed E-state index contributed by atoms with van der Waals surface area (Å²) in [6, 6.07) is 9.97. The van der Waals surface area contributed by atoms with Crippen LogP contribution in [-0.4, -0.2) is 11.9 Å². The van der Waals surface area contributed by atoms with E-state index in [1.165, 1.54) is 12.1 Å². The normalized spacial score (nSPS) is 10.0. The van der Waals surface area contributed by atoms with Crippen molar-refractivity contribution in [2.75, 3.05) is 10.6 Å². The molecule has 4 N–H and O–H groups in total. The van der Waals surface area contributed by atoms with Crippen LogP contribution in [-0.2, 0) is 0 Å². The monoisotopic (exact) mass is 287 g/mol. The summed E-state index contributed by atoms with van der Waals surface area (Å²) in [5.41, 5.74) is 6.75. The van der Waals surface area contributed by atoms with Gasteiger partial charge in [0.05, 0.1) is 5.56 Å². The minimum atomic E-state index is -0.673. The van der Waals surface area contributed by atoms with E-state index in [1.807, 2.05) is 0 Å². The largest absolute Gasteiger partial charge is 0.351 e. The molecule has 0 aliphatic rings. The maximum Gasteiger partial charge on any atom is 0.316 e. The van der Waals surface area contributed by atoms with Crippen molar-refractivity contribution in [2.45, 2.75) is 6.92 Å². The van der Waals surface area contributed by atoms with E-state index >= 15 is 0 Å². The molecule has 108 valence electrons. The van der Waals surface area contributed by atoms with Crippen molar-refractivity contribution in [3.05, 3.63) is 59.4 Å². The minimum absolute atomic E-state index is 0.0191. The fraction of sp³-hybridized carbons (Fsp3) is 0.0667. The molecule has 0 spiro atoms. The first-order valence-electron chi connectivity index (χ1n) is 6.20. The highest BCUT2D eigenvalue weighted by molar-refractivity contribution is 6.04. The van der Waals surface area contributed by atoms with Crippen molar-refractivity contribution < 1.29 is 14.0 Å². The smallest absolute Gasteiger partial charge is 0.316 e. The Morgan fingerprint density at radius 1 is 1.00 bits per heavy atom. The number of halogens is 1. The van der Waals surface area contributed by atoms with Crippen LogP contribution in [0.25, 0.3) is 0 Å². The summed E-state index contributed by atoms with van der Waals surface area (Å²) in [5, 5.41) is 4.98. The molecular formula is C15H14FN3O2. The molecule has 0 aliphatic heterocycles. The van der Waals surface area contributed by atoms with Gasteiger partial charge in [-0.15, -0.1) is 0 Å². The molecule has 21 heavy (non-hydrogen) atoms. The van der Waals surface area contributed by atoms with Gasteiger partial charge in [-0.05, 0) is 43.3 Å². The molecule has 0 aromatic heterocycles. The van der Waals surface area contributed by atoms with Crippen molar-refractivity contribution in [2.24, 2.45) is 5.73 Å². The summed E-state index contributed by atoms with van der Waals surface area (Å²) < 4.78 is 13.6. The molecule has 6 heteroatoms. The number of nitrogens with two attached hydrogens (primary N) is 1. The van der Waals surface area contributed by atoms with E-state index in [0.29, 0.717) is 11.4 Å². The van der Waals surface area contributed by atoms with Gasteiger partial charge in [0.25, 0.3) is 5.91 Å². The second-order valence-corrected chi connectivity index (χ2v) is 4.50. The van der Waals surface area contributed by atoms with Gasteiger partial charge in [0.1, 0.15) is 5.82 Å². The third-order valence-electron chi connectivity index (χ3n) is 2.78. The Labute approximate surface area is 121 Å². The molecule has 0 aliphatic carbocycles. The van der Waals surface area contributed by atoms with E-state index in [4.69, 9.17) is 5.73 Å². The highest BCUT2D eigenvalue weighted by Crippen LogP contribution is 2.16. The molecule has 0 fully saturated rings. The first kappa shape index (κ1) is 14.5. The summed E-state index contributed by atoms with van der Waals surface area (Å²) in [6.45, 7) is 1.78. The Bertz CT molecular complexity index is 684. The second kappa shape index (κ2) is 6.04. The standard InChI is InChI=1S/C15H14FN3O2/c1-9-2-7-13(16)12(8-9)14(20)18-10-3-5-11(6-4-10)19-15(17)21/h2-8H,1H3,(H,18,20)(H3,17,19,21). The molecule has 0 radical (unpaired) electrons. The number of benzene rings is 2. The van der Waals surface area contributed by atoms with Gasteiger partial charge in [-0.25, -0.2) is 9.18 Å². The fourth-order valence-electron chi connectivity index (χ4n) is 1.79. The first-order valence-corrected chi connectivity index (χ1v) is 6.20. The van der Waals surface area contributed by atoms with Crippen molar-refractivity contribution in [3.63, 3.8) is 0 Å². The molecular weight excluding hydrogens is 273 g/mol. The van der Waals surface area contributed by atoms with Gasteiger partial charge >= 0.3 is 6.03 Å². The Morgan fingerprint density at radius 3 is 2.14 bits per heavy atom. The molecule has 3 amide bonds. The molecule has 0 heterocycles. The van der Waals surface area contributed by atoms with Crippen molar-refractivity contribution >= 4 is 23.3 Å². The number of hydrogen-bond donors (Lipinski definition) is 3. The van der Waals surface area contributed by atoms with E-state index in [1.54, 1.807) is 37.3 Å². The van der Waals surface area contributed by atoms with E-state index in [0.717, 1.165) is 5.56 Å². The van der Waals surface area contributed by atoms with Gasteiger partial charge in [0, 0.05) is 11.4 Å². The zero-order valence-corrected chi connectivity index (χ0v) is 11.3. The zero-order chi connectivity index (χ0) is 15.4. The third-order valence-corrected chi connectivity index (χ3v) is 2.78. The highest BCUT2D eigenvalue weighted by Gasteiger charge is 2.12. The average molecular weight is 287 g/mol. The van der Waals surface area contributed by atoms with Crippen LogP contribution in [0.2, 0.25) is 0 Å². The van der Waals surface area contributed by atoms with Gasteiger partial charge in [0.15, 0.2) is 0 Å². The van der Waals surface area contributed by atoms with Crippen LogP contribution in [0.5, 0.6) is 0 Å². The number of carbonyl (C=O) groups excluding carboxylic acids is 2. The van der Waals surface area contributed by atoms with Crippen molar-refractivity contribution in [1.29, 1.82) is 0 Å². The number of anilines is 2. The minimum Gasteiger partial charge on any atom is -0.351 e. The highest BCUT2D eigenvalue weighted by atomic mass is 19.1. The number of aryl methyl sites for hydroxylation is 1. The number of carbonyl (C=O) groups is 2. The van der Waals surface area contributed by atoms with E-state index < -0.39 is 17.8 Å². The number of urea groups is 1. The van der Waals surface area contributed by atoms with Crippen LogP contribution in [0, 0.1) is 12.7 Å². The maximum absolute atomic E-state index is 13.6. The van der Waals surface area contributed by atoms with E-state index in [-0.39, 0.29) is 5.56 Å². The molecule has 0 atom stereocenters. The van der Waals surface area contributed by atoms with Crippen LogP contribution in [0.1, 0.15) is 15.9 Å². The molecule has 0 bridgehead atoms. The predicted octanol–water partition coefficient (Wildman–Crippen LogP) is 2.88. The molecule has 5 nitrogen and oxygen atoms in total. The van der Waals surface area contributed by atoms with Crippen LogP contribution in [0.15, 0.2) is 42.5 Å². The van der Waals surface area contributed by atoms with Crippen molar-refractivity contribution in [1.82, 2.24) is 0 Å². The number of rotatable bonds is 3. The fourth-order valence-corrected chi connectivity index (χ4v) is 1.79. The van der Waals surface area contributed by atoms with Crippen LogP contribution >= 0.6 is 0 Å². The Hall–Kier alpha value is -2.89. The quantitative estimate of drug-likeness (QED) is 0.811. The molecule has 2 aromatic rings. The Balaban J connectivity index is 2.12. The summed E-state index contributed by atoms with van der Waals surface area (Å²) in [4.78, 5) is 22.7. The average Bonchev–Trinajstić information content (AvgIpc) is 2.43. The molecule has 0 saturated carbocycles. The lowest BCUT2D eigenvalue weighted by molar-refractivity contribution is 0.102. The summed E-state index contributed by atoms with van der Waals surface area (Å²) in [7, 11) is 0. The van der Waals surface area contributed by atoms with Crippen LogP contribution in [0.3, 0.4) is 0 Å². The van der Waals surface area contributed by atoms with E-state index in [2.05, 4.69) is 10.6 Å². The van der Waals surface area contributed by atoms with Gasteiger partial charge in [-0.1, -0.05) is 11.6 Å². The molecule has 2 rings (SSSR count). The SMILES string of the molecule is Cc1ccc(F)c(C(=O)Nc2ccc(NC(N)=O)cc2)c1. The third kappa shape index (κ3) is 3.79. The predicted molar refractivity (Wildman–Crippen MR) is 78.7 cm³/mol. The zero-order valence-electron chi connectivity index (χ0n) is 11.3. The van der Waals surface area contributed by atoms with Crippen molar-refractivity contribution in [3.8, 4) is 0 Å². The van der Waals surface area contributed by atoms with E-state index in [9.17, 15) is 14.0 Å². The summed E-state index contributed by atoms with van der Waals surface area (Å²) >= 11 is 0. The Morgan fingerprint density at radius 2 is 1.57 bits per heavy atom. The first-order chi connectivity index (χ1) is 9.95.